The van der Waals surface area contributed by atoms with Crippen molar-refractivity contribution in [2.45, 2.75) is 18.4 Å². The number of rotatable bonds is 5. The Bertz CT molecular complexity index is 350. The molecule has 18 heavy (non-hydrogen) atoms. The van der Waals surface area contributed by atoms with Crippen molar-refractivity contribution >= 4 is 0 Å². The lowest BCUT2D eigenvalue weighted by atomic mass is 9.95. The predicted molar refractivity (Wildman–Crippen MR) is 76.8 cm³/mol. The zero-order chi connectivity index (χ0) is 13.0. The Morgan fingerprint density at radius 3 is 2.61 bits per heavy atom. The van der Waals surface area contributed by atoms with E-state index in [2.05, 4.69) is 54.2 Å². The third kappa shape index (κ3) is 3.55. The maximum atomic E-state index is 6.28. The Kier molecular flexibility index (Phi) is 4.75. The van der Waals surface area contributed by atoms with Crippen LogP contribution in [0.3, 0.4) is 0 Å². The highest BCUT2D eigenvalue weighted by Gasteiger charge is 2.30. The van der Waals surface area contributed by atoms with E-state index in [9.17, 15) is 0 Å². The lowest BCUT2D eigenvalue weighted by Crippen LogP contribution is -2.29. The van der Waals surface area contributed by atoms with E-state index in [0.29, 0.717) is 5.92 Å². The summed E-state index contributed by atoms with van der Waals surface area (Å²) in [6, 6.07) is 11.0. The van der Waals surface area contributed by atoms with Crippen molar-refractivity contribution in [1.29, 1.82) is 0 Å². The summed E-state index contributed by atoms with van der Waals surface area (Å²) >= 11 is 0. The molecule has 2 rings (SSSR count). The second-order valence-corrected chi connectivity index (χ2v) is 5.60. The molecule has 0 spiro atoms. The maximum absolute atomic E-state index is 6.28. The number of hydrogen-bond acceptors (Lipinski definition) is 3. The molecule has 0 radical (unpaired) electrons. The number of hydrogen-bond donors (Lipinski definition) is 1. The van der Waals surface area contributed by atoms with E-state index in [1.54, 1.807) is 0 Å². The second-order valence-electron chi connectivity index (χ2n) is 5.60. The van der Waals surface area contributed by atoms with Gasteiger partial charge in [-0.2, -0.15) is 0 Å². The minimum Gasteiger partial charge on any atom is -0.326 e. The first kappa shape index (κ1) is 13.5. The molecule has 2 unspecified atom stereocenters. The third-order valence-electron chi connectivity index (χ3n) is 3.75. The molecule has 1 aliphatic heterocycles. The summed E-state index contributed by atoms with van der Waals surface area (Å²) in [6.07, 6.45) is 1.22. The summed E-state index contributed by atoms with van der Waals surface area (Å²) in [4.78, 5) is 4.75. The van der Waals surface area contributed by atoms with Crippen LogP contribution in [-0.2, 0) is 0 Å². The van der Waals surface area contributed by atoms with Crippen molar-refractivity contribution in [2.75, 3.05) is 40.3 Å². The topological polar surface area (TPSA) is 32.5 Å². The molecule has 0 aliphatic carbocycles. The first-order valence-electron chi connectivity index (χ1n) is 6.84. The van der Waals surface area contributed by atoms with E-state index in [1.165, 1.54) is 12.0 Å². The fraction of sp³-hybridized carbons (Fsp3) is 0.600. The van der Waals surface area contributed by atoms with Gasteiger partial charge in [-0.15, -0.1) is 0 Å². The minimum atomic E-state index is 0.284. The Labute approximate surface area is 111 Å². The molecule has 0 bridgehead atoms. The number of benzene rings is 1. The molecule has 1 saturated heterocycles. The Hall–Kier alpha value is -0.900. The molecule has 3 heteroatoms. The molecule has 0 amide bonds. The van der Waals surface area contributed by atoms with Crippen LogP contribution >= 0.6 is 0 Å². The normalized spacial score (nSPS) is 24.9. The summed E-state index contributed by atoms with van der Waals surface area (Å²) in [5.74, 6) is 0.505. The molecular formula is C15H25N3. The van der Waals surface area contributed by atoms with Gasteiger partial charge in [0.05, 0.1) is 0 Å². The van der Waals surface area contributed by atoms with Crippen LogP contribution in [0.25, 0.3) is 0 Å². The Balaban J connectivity index is 1.85. The van der Waals surface area contributed by atoms with Gasteiger partial charge >= 0.3 is 0 Å². The molecule has 0 saturated carbocycles. The van der Waals surface area contributed by atoms with E-state index in [-0.39, 0.29) is 6.04 Å². The average Bonchev–Trinajstić information content (AvgIpc) is 2.71. The lowest BCUT2D eigenvalue weighted by Gasteiger charge is -2.17. The van der Waals surface area contributed by atoms with Gasteiger partial charge in [0, 0.05) is 25.0 Å². The van der Waals surface area contributed by atoms with Gasteiger partial charge in [0.15, 0.2) is 0 Å². The summed E-state index contributed by atoms with van der Waals surface area (Å²) in [5.41, 5.74) is 7.67. The van der Waals surface area contributed by atoms with Crippen LogP contribution in [0, 0.1) is 0 Å². The summed E-state index contributed by atoms with van der Waals surface area (Å²) < 4.78 is 0. The second kappa shape index (κ2) is 6.32. The Morgan fingerprint density at radius 2 is 1.94 bits per heavy atom. The van der Waals surface area contributed by atoms with Crippen LogP contribution in [0.5, 0.6) is 0 Å². The molecular weight excluding hydrogens is 222 g/mol. The van der Waals surface area contributed by atoms with Crippen LogP contribution in [0.2, 0.25) is 0 Å². The van der Waals surface area contributed by atoms with Crippen molar-refractivity contribution in [1.82, 2.24) is 9.80 Å². The average molecular weight is 247 g/mol. The van der Waals surface area contributed by atoms with Gasteiger partial charge in [-0.05, 0) is 39.2 Å². The molecule has 1 fully saturated rings. The largest absolute Gasteiger partial charge is 0.326 e. The molecule has 2 N–H and O–H groups in total. The lowest BCUT2D eigenvalue weighted by molar-refractivity contribution is 0.298. The van der Waals surface area contributed by atoms with E-state index >= 15 is 0 Å². The van der Waals surface area contributed by atoms with Gasteiger partial charge in [0.1, 0.15) is 0 Å². The predicted octanol–water partition coefficient (Wildman–Crippen LogP) is 1.36. The third-order valence-corrected chi connectivity index (χ3v) is 3.75. The SMILES string of the molecule is CN(C)CCCN1CC(N)C(c2ccccc2)C1. The van der Waals surface area contributed by atoms with Gasteiger partial charge in [0.2, 0.25) is 0 Å². The van der Waals surface area contributed by atoms with E-state index in [1.807, 2.05) is 0 Å². The van der Waals surface area contributed by atoms with Crippen molar-refractivity contribution in [3.05, 3.63) is 35.9 Å². The molecule has 1 aromatic rings. The van der Waals surface area contributed by atoms with Crippen LogP contribution in [0.15, 0.2) is 30.3 Å². The molecule has 100 valence electrons. The molecule has 1 aliphatic rings. The highest BCUT2D eigenvalue weighted by atomic mass is 15.2. The van der Waals surface area contributed by atoms with Crippen molar-refractivity contribution in [2.24, 2.45) is 5.73 Å². The number of nitrogens with two attached hydrogens (primary N) is 1. The smallest absolute Gasteiger partial charge is 0.0249 e. The molecule has 3 nitrogen and oxygen atoms in total. The summed E-state index contributed by atoms with van der Waals surface area (Å²) in [6.45, 7) is 4.46. The summed E-state index contributed by atoms with van der Waals surface area (Å²) in [7, 11) is 4.25. The van der Waals surface area contributed by atoms with Crippen LogP contribution in [0.1, 0.15) is 17.9 Å². The van der Waals surface area contributed by atoms with Crippen molar-refractivity contribution in [3.8, 4) is 0 Å². The van der Waals surface area contributed by atoms with Gasteiger partial charge < -0.3 is 15.5 Å². The fourth-order valence-corrected chi connectivity index (χ4v) is 2.76. The first-order chi connectivity index (χ1) is 8.66. The fourth-order valence-electron chi connectivity index (χ4n) is 2.76. The van der Waals surface area contributed by atoms with Gasteiger partial charge in [-0.1, -0.05) is 30.3 Å². The standard InChI is InChI=1S/C15H25N3/c1-17(2)9-6-10-18-11-14(15(16)12-18)13-7-4-3-5-8-13/h3-5,7-8,14-15H,6,9-12,16H2,1-2H3. The van der Waals surface area contributed by atoms with Crippen molar-refractivity contribution < 1.29 is 0 Å². The molecule has 1 aromatic carbocycles. The zero-order valence-corrected chi connectivity index (χ0v) is 11.5. The maximum Gasteiger partial charge on any atom is 0.0249 e. The Morgan fingerprint density at radius 1 is 1.22 bits per heavy atom. The van der Waals surface area contributed by atoms with Crippen LogP contribution < -0.4 is 5.73 Å². The van der Waals surface area contributed by atoms with Gasteiger partial charge in [0.25, 0.3) is 0 Å². The van der Waals surface area contributed by atoms with E-state index < -0.39 is 0 Å². The molecule has 1 heterocycles. The summed E-state index contributed by atoms with van der Waals surface area (Å²) in [5, 5.41) is 0. The molecule has 2 atom stereocenters. The minimum absolute atomic E-state index is 0.284. The highest BCUT2D eigenvalue weighted by Crippen LogP contribution is 2.26. The van der Waals surface area contributed by atoms with Crippen LogP contribution in [-0.4, -0.2) is 56.1 Å². The number of nitrogens with zero attached hydrogens (tertiary/aromatic N) is 2. The van der Waals surface area contributed by atoms with Crippen molar-refractivity contribution in [3.63, 3.8) is 0 Å². The zero-order valence-electron chi connectivity index (χ0n) is 11.5. The van der Waals surface area contributed by atoms with E-state index in [0.717, 1.165) is 26.2 Å². The monoisotopic (exact) mass is 247 g/mol. The molecule has 0 aromatic heterocycles. The number of likely N-dealkylation sites (tertiary alicyclic amines) is 1. The van der Waals surface area contributed by atoms with E-state index in [4.69, 9.17) is 5.73 Å². The van der Waals surface area contributed by atoms with Gasteiger partial charge in [-0.25, -0.2) is 0 Å². The van der Waals surface area contributed by atoms with Crippen LogP contribution in [0.4, 0.5) is 0 Å². The highest BCUT2D eigenvalue weighted by molar-refractivity contribution is 5.23. The first-order valence-corrected chi connectivity index (χ1v) is 6.84. The van der Waals surface area contributed by atoms with Gasteiger partial charge in [-0.3, -0.25) is 0 Å². The quantitative estimate of drug-likeness (QED) is 0.853.